The molecule has 0 fully saturated rings. The largest absolute Gasteiger partial charge is 0.497 e. The minimum atomic E-state index is -0.134. The summed E-state index contributed by atoms with van der Waals surface area (Å²) in [6, 6.07) is 9.45. The van der Waals surface area contributed by atoms with Crippen molar-refractivity contribution in [3.63, 3.8) is 0 Å². The zero-order valence-electron chi connectivity index (χ0n) is 17.7. The molecule has 4 aromatic rings. The fraction of sp³-hybridized carbons (Fsp3) is 0.261. The number of pyridine rings is 1. The molecule has 1 aromatic carbocycles. The lowest BCUT2D eigenvalue weighted by molar-refractivity contribution is 0.415. The van der Waals surface area contributed by atoms with Gasteiger partial charge in [-0.25, -0.2) is 9.97 Å². The summed E-state index contributed by atoms with van der Waals surface area (Å²) in [6.45, 7) is 7.65. The van der Waals surface area contributed by atoms with Crippen LogP contribution in [-0.4, -0.2) is 22.1 Å². The number of ether oxygens (including phenoxy) is 1. The van der Waals surface area contributed by atoms with Crippen LogP contribution >= 0.6 is 0 Å². The van der Waals surface area contributed by atoms with Gasteiger partial charge in [0.25, 0.3) is 5.56 Å². The first-order valence-electron chi connectivity index (χ1n) is 9.75. The first kappa shape index (κ1) is 19.7. The van der Waals surface area contributed by atoms with E-state index in [4.69, 9.17) is 9.15 Å². The molecule has 1 unspecified atom stereocenters. The van der Waals surface area contributed by atoms with Crippen LogP contribution in [0.5, 0.6) is 5.75 Å². The predicted molar refractivity (Wildman–Crippen MR) is 117 cm³/mol. The van der Waals surface area contributed by atoms with Crippen molar-refractivity contribution in [3.8, 4) is 17.1 Å². The summed E-state index contributed by atoms with van der Waals surface area (Å²) >= 11 is 0. The number of aromatic amines is 1. The summed E-state index contributed by atoms with van der Waals surface area (Å²) in [7, 11) is 1.65. The van der Waals surface area contributed by atoms with Gasteiger partial charge in [0, 0.05) is 34.0 Å². The zero-order chi connectivity index (χ0) is 21.4. The molecule has 30 heavy (non-hydrogen) atoms. The highest BCUT2D eigenvalue weighted by molar-refractivity contribution is 5.83. The van der Waals surface area contributed by atoms with Gasteiger partial charge in [0.2, 0.25) is 0 Å². The van der Waals surface area contributed by atoms with E-state index in [9.17, 15) is 4.79 Å². The number of furan rings is 1. The van der Waals surface area contributed by atoms with Gasteiger partial charge >= 0.3 is 0 Å². The van der Waals surface area contributed by atoms with Crippen LogP contribution in [0.2, 0.25) is 0 Å². The standard InChI is InChI=1S/C23H24N4O3/c1-12-14(3)26-22(27-23(12)28)16-6-9-20(24-11-16)25-15(4)21-13(2)18-10-17(29-5)7-8-19(18)30-21/h6-11,15H,1-5H3,(H,24,25)(H,26,27,28). The van der Waals surface area contributed by atoms with E-state index in [1.54, 1.807) is 20.2 Å². The van der Waals surface area contributed by atoms with Gasteiger partial charge in [0.15, 0.2) is 0 Å². The summed E-state index contributed by atoms with van der Waals surface area (Å²) in [5, 5.41) is 4.40. The van der Waals surface area contributed by atoms with Crippen LogP contribution in [0.3, 0.4) is 0 Å². The number of rotatable bonds is 5. The van der Waals surface area contributed by atoms with E-state index in [2.05, 4.69) is 20.3 Å². The smallest absolute Gasteiger partial charge is 0.254 e. The van der Waals surface area contributed by atoms with Crippen molar-refractivity contribution in [2.75, 3.05) is 12.4 Å². The van der Waals surface area contributed by atoms with E-state index in [-0.39, 0.29) is 11.6 Å². The molecule has 3 aromatic heterocycles. The molecule has 4 rings (SSSR count). The highest BCUT2D eigenvalue weighted by Crippen LogP contribution is 2.33. The van der Waals surface area contributed by atoms with Gasteiger partial charge in [-0.15, -0.1) is 0 Å². The fourth-order valence-electron chi connectivity index (χ4n) is 3.45. The summed E-state index contributed by atoms with van der Waals surface area (Å²) in [6.07, 6.45) is 1.69. The third-order valence-electron chi connectivity index (χ3n) is 5.37. The molecule has 3 heterocycles. The maximum Gasteiger partial charge on any atom is 0.254 e. The van der Waals surface area contributed by atoms with E-state index in [0.29, 0.717) is 22.9 Å². The van der Waals surface area contributed by atoms with E-state index < -0.39 is 0 Å². The monoisotopic (exact) mass is 404 g/mol. The molecule has 0 aliphatic rings. The van der Waals surface area contributed by atoms with Gasteiger partial charge in [-0.2, -0.15) is 0 Å². The molecule has 0 saturated heterocycles. The van der Waals surface area contributed by atoms with E-state index in [1.807, 2.05) is 51.1 Å². The van der Waals surface area contributed by atoms with Crippen molar-refractivity contribution < 1.29 is 9.15 Å². The lowest BCUT2D eigenvalue weighted by atomic mass is 10.1. The minimum Gasteiger partial charge on any atom is -0.497 e. The Kier molecular flexibility index (Phi) is 5.03. The van der Waals surface area contributed by atoms with Crippen molar-refractivity contribution >= 4 is 16.8 Å². The quantitative estimate of drug-likeness (QED) is 0.501. The molecule has 7 nitrogen and oxygen atoms in total. The Balaban J connectivity index is 1.57. The van der Waals surface area contributed by atoms with Gasteiger partial charge in [-0.1, -0.05) is 0 Å². The molecular formula is C23H24N4O3. The van der Waals surface area contributed by atoms with E-state index in [0.717, 1.165) is 33.6 Å². The minimum absolute atomic E-state index is 0.0821. The molecule has 0 bridgehead atoms. The van der Waals surface area contributed by atoms with Crippen molar-refractivity contribution in [2.45, 2.75) is 33.7 Å². The van der Waals surface area contributed by atoms with Gasteiger partial charge in [0.05, 0.1) is 13.2 Å². The normalized spacial score (nSPS) is 12.2. The van der Waals surface area contributed by atoms with Crippen LogP contribution in [0.25, 0.3) is 22.4 Å². The number of aryl methyl sites for hydroxylation is 2. The van der Waals surface area contributed by atoms with Gasteiger partial charge in [-0.05, 0) is 58.0 Å². The Hall–Kier alpha value is -3.61. The molecule has 0 aliphatic carbocycles. The second kappa shape index (κ2) is 7.67. The molecular weight excluding hydrogens is 380 g/mol. The van der Waals surface area contributed by atoms with Crippen molar-refractivity contribution in [1.29, 1.82) is 0 Å². The highest BCUT2D eigenvalue weighted by atomic mass is 16.5. The molecule has 0 spiro atoms. The number of hydrogen-bond donors (Lipinski definition) is 2. The van der Waals surface area contributed by atoms with Crippen LogP contribution in [0.1, 0.15) is 35.5 Å². The zero-order valence-corrected chi connectivity index (χ0v) is 17.7. The van der Waals surface area contributed by atoms with Gasteiger partial charge < -0.3 is 19.5 Å². The molecule has 0 radical (unpaired) electrons. The average Bonchev–Trinajstić information content (AvgIpc) is 3.08. The number of methoxy groups -OCH3 is 1. The number of hydrogen-bond acceptors (Lipinski definition) is 6. The van der Waals surface area contributed by atoms with Crippen LogP contribution in [0, 0.1) is 20.8 Å². The second-order valence-electron chi connectivity index (χ2n) is 7.38. The average molecular weight is 404 g/mol. The number of fused-ring (bicyclic) bond motifs is 1. The number of anilines is 1. The maximum atomic E-state index is 12.0. The Morgan fingerprint density at radius 2 is 1.93 bits per heavy atom. The Morgan fingerprint density at radius 1 is 1.13 bits per heavy atom. The number of nitrogens with one attached hydrogen (secondary N) is 2. The van der Waals surface area contributed by atoms with E-state index in [1.165, 1.54) is 0 Å². The molecule has 2 N–H and O–H groups in total. The molecule has 0 saturated carbocycles. The van der Waals surface area contributed by atoms with Crippen LogP contribution in [0.15, 0.2) is 45.7 Å². The van der Waals surface area contributed by atoms with E-state index >= 15 is 0 Å². The number of benzene rings is 1. The number of H-pyrrole nitrogens is 1. The number of aromatic nitrogens is 3. The topological polar surface area (TPSA) is 93.0 Å². The Morgan fingerprint density at radius 3 is 2.60 bits per heavy atom. The fourth-order valence-corrected chi connectivity index (χ4v) is 3.45. The molecule has 0 amide bonds. The first-order chi connectivity index (χ1) is 14.4. The summed E-state index contributed by atoms with van der Waals surface area (Å²) in [4.78, 5) is 23.7. The van der Waals surface area contributed by atoms with Crippen LogP contribution < -0.4 is 15.6 Å². The lowest BCUT2D eigenvalue weighted by Gasteiger charge is -2.13. The Labute approximate surface area is 174 Å². The lowest BCUT2D eigenvalue weighted by Crippen LogP contribution is -2.14. The molecule has 0 aliphatic heterocycles. The Bertz CT molecular complexity index is 1270. The van der Waals surface area contributed by atoms with Crippen LogP contribution in [-0.2, 0) is 0 Å². The maximum absolute atomic E-state index is 12.0. The third-order valence-corrected chi connectivity index (χ3v) is 5.37. The second-order valence-corrected chi connectivity index (χ2v) is 7.38. The van der Waals surface area contributed by atoms with Gasteiger partial charge in [0.1, 0.15) is 28.7 Å². The third kappa shape index (κ3) is 3.54. The number of nitrogens with zero attached hydrogens (tertiary/aromatic N) is 2. The van der Waals surface area contributed by atoms with Crippen molar-refractivity contribution in [1.82, 2.24) is 15.0 Å². The van der Waals surface area contributed by atoms with Crippen molar-refractivity contribution in [3.05, 3.63) is 69.5 Å². The summed E-state index contributed by atoms with van der Waals surface area (Å²) in [5.41, 5.74) is 3.84. The predicted octanol–water partition coefficient (Wildman–Crippen LogP) is 4.69. The molecule has 1 atom stereocenters. The van der Waals surface area contributed by atoms with Gasteiger partial charge in [-0.3, -0.25) is 4.79 Å². The SMILES string of the molecule is COc1ccc2oc(C(C)Nc3ccc(-c4nc(C)c(C)c(=O)[nH]4)cn3)c(C)c2c1. The summed E-state index contributed by atoms with van der Waals surface area (Å²) in [5.74, 6) is 2.87. The first-order valence-corrected chi connectivity index (χ1v) is 9.75. The molecule has 7 heteroatoms. The van der Waals surface area contributed by atoms with Crippen LogP contribution in [0.4, 0.5) is 5.82 Å². The highest BCUT2D eigenvalue weighted by Gasteiger charge is 2.17. The molecule has 154 valence electrons. The summed E-state index contributed by atoms with van der Waals surface area (Å²) < 4.78 is 11.4. The van der Waals surface area contributed by atoms with Crippen molar-refractivity contribution in [2.24, 2.45) is 0 Å².